The third-order valence-electron chi connectivity index (χ3n) is 4.60. The van der Waals surface area contributed by atoms with E-state index in [1.165, 1.54) is 12.8 Å². The van der Waals surface area contributed by atoms with Gasteiger partial charge < -0.3 is 5.32 Å². The number of hydrogen-bond donors (Lipinski definition) is 2. The highest BCUT2D eigenvalue weighted by atomic mass is 32.2. The molecule has 0 saturated heterocycles. The van der Waals surface area contributed by atoms with Crippen LogP contribution >= 0.6 is 0 Å². The van der Waals surface area contributed by atoms with Crippen molar-refractivity contribution in [1.82, 2.24) is 10.0 Å². The lowest BCUT2D eigenvalue weighted by Gasteiger charge is -2.23. The maximum atomic E-state index is 12.5. The van der Waals surface area contributed by atoms with Crippen LogP contribution in [0.4, 0.5) is 0 Å². The minimum atomic E-state index is -3.43. The van der Waals surface area contributed by atoms with Crippen molar-refractivity contribution in [2.24, 2.45) is 5.41 Å². The van der Waals surface area contributed by atoms with E-state index in [0.717, 1.165) is 18.4 Å². The summed E-state index contributed by atoms with van der Waals surface area (Å²) in [6.07, 6.45) is 4.61. The molecule has 4 nitrogen and oxygen atoms in total. The number of nitrogens with one attached hydrogen (secondary N) is 2. The molecule has 5 heteroatoms. The molecule has 1 unspecified atom stereocenters. The minimum absolute atomic E-state index is 0.114. The number of benzene rings is 1. The van der Waals surface area contributed by atoms with Crippen molar-refractivity contribution in [2.45, 2.75) is 50.5 Å². The molecule has 1 fully saturated rings. The summed E-state index contributed by atoms with van der Waals surface area (Å²) in [5.74, 6) is 0. The molecular formula is C16H26N2O2S. The smallest absolute Gasteiger partial charge is 0.240 e. The summed E-state index contributed by atoms with van der Waals surface area (Å²) >= 11 is 0. The Morgan fingerprint density at radius 3 is 2.57 bits per heavy atom. The average Bonchev–Trinajstić information content (AvgIpc) is 2.92. The van der Waals surface area contributed by atoms with E-state index in [9.17, 15) is 8.42 Å². The molecule has 0 aromatic heterocycles. The van der Waals surface area contributed by atoms with Gasteiger partial charge in [-0.2, -0.15) is 0 Å². The SMILES string of the molecule is CNC(C)c1cccc(S(=O)(=O)NCC2(C)CCCC2)c1. The summed E-state index contributed by atoms with van der Waals surface area (Å²) in [6, 6.07) is 7.28. The number of hydrogen-bond acceptors (Lipinski definition) is 3. The summed E-state index contributed by atoms with van der Waals surface area (Å²) in [5.41, 5.74) is 1.09. The normalized spacial score (nSPS) is 19.6. The van der Waals surface area contributed by atoms with E-state index in [0.29, 0.717) is 11.4 Å². The van der Waals surface area contributed by atoms with Crippen LogP contribution in [0.5, 0.6) is 0 Å². The van der Waals surface area contributed by atoms with Gasteiger partial charge >= 0.3 is 0 Å². The third-order valence-corrected chi connectivity index (χ3v) is 6.00. The van der Waals surface area contributed by atoms with Crippen LogP contribution < -0.4 is 10.0 Å². The Kier molecular flexibility index (Phi) is 5.07. The molecule has 21 heavy (non-hydrogen) atoms. The molecule has 0 heterocycles. The predicted molar refractivity (Wildman–Crippen MR) is 85.7 cm³/mol. The van der Waals surface area contributed by atoms with Gasteiger partial charge in [-0.1, -0.05) is 31.9 Å². The first kappa shape index (κ1) is 16.5. The summed E-state index contributed by atoms with van der Waals surface area (Å²) in [7, 11) is -1.56. The Balaban J connectivity index is 2.12. The highest BCUT2D eigenvalue weighted by Gasteiger charge is 2.30. The Bertz CT molecular complexity index is 578. The molecule has 2 N–H and O–H groups in total. The molecule has 0 spiro atoms. The van der Waals surface area contributed by atoms with E-state index in [1.807, 2.05) is 20.0 Å². The minimum Gasteiger partial charge on any atom is -0.313 e. The second kappa shape index (κ2) is 6.46. The van der Waals surface area contributed by atoms with Crippen molar-refractivity contribution in [2.75, 3.05) is 13.6 Å². The van der Waals surface area contributed by atoms with Crippen LogP contribution in [-0.2, 0) is 10.0 Å². The Hall–Kier alpha value is -0.910. The molecule has 1 aromatic rings. The maximum Gasteiger partial charge on any atom is 0.240 e. The molecular weight excluding hydrogens is 284 g/mol. The lowest BCUT2D eigenvalue weighted by atomic mass is 9.89. The highest BCUT2D eigenvalue weighted by molar-refractivity contribution is 7.89. The average molecular weight is 310 g/mol. The zero-order valence-corrected chi connectivity index (χ0v) is 14.0. The van der Waals surface area contributed by atoms with Crippen molar-refractivity contribution in [3.05, 3.63) is 29.8 Å². The number of rotatable bonds is 6. The Morgan fingerprint density at radius 2 is 1.95 bits per heavy atom. The quantitative estimate of drug-likeness (QED) is 0.849. The zero-order chi connectivity index (χ0) is 15.5. The summed E-state index contributed by atoms with van der Waals surface area (Å²) in [4.78, 5) is 0.351. The van der Waals surface area contributed by atoms with Crippen molar-refractivity contribution in [3.63, 3.8) is 0 Å². The van der Waals surface area contributed by atoms with Crippen molar-refractivity contribution in [1.29, 1.82) is 0 Å². The second-order valence-corrected chi connectivity index (χ2v) is 8.19. The van der Waals surface area contributed by atoms with Crippen molar-refractivity contribution >= 4 is 10.0 Å². The topological polar surface area (TPSA) is 58.2 Å². The maximum absolute atomic E-state index is 12.5. The van der Waals surface area contributed by atoms with Crippen LogP contribution in [0, 0.1) is 5.41 Å². The van der Waals surface area contributed by atoms with E-state index in [1.54, 1.807) is 18.2 Å². The molecule has 0 amide bonds. The van der Waals surface area contributed by atoms with Gasteiger partial charge in [0.1, 0.15) is 0 Å². The summed E-state index contributed by atoms with van der Waals surface area (Å²) < 4.78 is 27.7. The fraction of sp³-hybridized carbons (Fsp3) is 0.625. The zero-order valence-electron chi connectivity index (χ0n) is 13.1. The molecule has 0 radical (unpaired) electrons. The molecule has 118 valence electrons. The Morgan fingerprint density at radius 1 is 1.29 bits per heavy atom. The van der Waals surface area contributed by atoms with Crippen LogP contribution in [0.15, 0.2) is 29.2 Å². The lowest BCUT2D eigenvalue weighted by molar-refractivity contribution is 0.336. The number of sulfonamides is 1. The second-order valence-electron chi connectivity index (χ2n) is 6.43. The molecule has 1 aliphatic carbocycles. The summed E-state index contributed by atoms with van der Waals surface area (Å²) in [5, 5.41) is 3.13. The monoisotopic (exact) mass is 310 g/mol. The molecule has 1 atom stereocenters. The molecule has 1 aromatic carbocycles. The van der Waals surface area contributed by atoms with Crippen LogP contribution in [0.25, 0.3) is 0 Å². The van der Waals surface area contributed by atoms with Gasteiger partial charge in [-0.15, -0.1) is 0 Å². The van der Waals surface area contributed by atoms with Gasteiger partial charge in [0, 0.05) is 12.6 Å². The van der Waals surface area contributed by atoms with Crippen molar-refractivity contribution < 1.29 is 8.42 Å². The van der Waals surface area contributed by atoms with E-state index < -0.39 is 10.0 Å². The Labute approximate surface area is 128 Å². The lowest BCUT2D eigenvalue weighted by Crippen LogP contribution is -2.34. The van der Waals surface area contributed by atoms with Crippen LogP contribution in [0.3, 0.4) is 0 Å². The standard InChI is InChI=1S/C16H26N2O2S/c1-13(17-3)14-7-6-8-15(11-14)21(19,20)18-12-16(2)9-4-5-10-16/h6-8,11,13,17-18H,4-5,9-10,12H2,1-3H3. The molecule has 1 aliphatic rings. The first-order valence-electron chi connectivity index (χ1n) is 7.63. The van der Waals surface area contributed by atoms with Crippen molar-refractivity contribution in [3.8, 4) is 0 Å². The van der Waals surface area contributed by atoms with Crippen LogP contribution in [0.2, 0.25) is 0 Å². The van der Waals surface area contributed by atoms with Crippen LogP contribution in [0.1, 0.15) is 51.1 Å². The van der Waals surface area contributed by atoms with E-state index in [-0.39, 0.29) is 11.5 Å². The molecule has 1 saturated carbocycles. The first-order valence-corrected chi connectivity index (χ1v) is 9.12. The predicted octanol–water partition coefficient (Wildman–Crippen LogP) is 2.83. The molecule has 0 bridgehead atoms. The van der Waals surface area contributed by atoms with Gasteiger partial charge in [-0.05, 0) is 49.9 Å². The highest BCUT2D eigenvalue weighted by Crippen LogP contribution is 2.37. The third kappa shape index (κ3) is 4.05. The summed E-state index contributed by atoms with van der Waals surface area (Å²) in [6.45, 7) is 4.71. The van der Waals surface area contributed by atoms with Gasteiger partial charge in [0.25, 0.3) is 0 Å². The largest absolute Gasteiger partial charge is 0.313 e. The first-order chi connectivity index (χ1) is 9.86. The van der Waals surface area contributed by atoms with E-state index >= 15 is 0 Å². The van der Waals surface area contributed by atoms with Gasteiger partial charge in [-0.25, -0.2) is 13.1 Å². The van der Waals surface area contributed by atoms with Gasteiger partial charge in [0.2, 0.25) is 10.0 Å². The molecule has 0 aliphatic heterocycles. The fourth-order valence-electron chi connectivity index (χ4n) is 2.88. The van der Waals surface area contributed by atoms with Gasteiger partial charge in [0.15, 0.2) is 0 Å². The van der Waals surface area contributed by atoms with E-state index in [4.69, 9.17) is 0 Å². The van der Waals surface area contributed by atoms with Gasteiger partial charge in [-0.3, -0.25) is 0 Å². The van der Waals surface area contributed by atoms with E-state index in [2.05, 4.69) is 17.0 Å². The molecule has 2 rings (SSSR count). The fourth-order valence-corrected chi connectivity index (χ4v) is 4.13. The van der Waals surface area contributed by atoms with Gasteiger partial charge in [0.05, 0.1) is 4.90 Å². The van der Waals surface area contributed by atoms with Crippen LogP contribution in [-0.4, -0.2) is 22.0 Å².